The SMILES string of the molecule is CN(CC(C)(C)CN)C(=O)c1cnc(-c2ccncc2)s1.Cl.Cl. The van der Waals surface area contributed by atoms with E-state index in [9.17, 15) is 4.79 Å². The van der Waals surface area contributed by atoms with Crippen LogP contribution in [-0.2, 0) is 0 Å². The van der Waals surface area contributed by atoms with Crippen LogP contribution < -0.4 is 5.73 Å². The zero-order valence-corrected chi connectivity index (χ0v) is 15.8. The number of nitrogens with two attached hydrogens (primary N) is 1. The molecular formula is C15H22Cl2N4OS. The average molecular weight is 377 g/mol. The molecule has 2 aromatic heterocycles. The smallest absolute Gasteiger partial charge is 0.265 e. The van der Waals surface area contributed by atoms with Crippen molar-refractivity contribution in [2.45, 2.75) is 13.8 Å². The van der Waals surface area contributed by atoms with Crippen molar-refractivity contribution < 1.29 is 4.79 Å². The molecule has 0 bridgehead atoms. The fourth-order valence-corrected chi connectivity index (χ4v) is 2.88. The number of thiazole rings is 1. The third kappa shape index (κ3) is 5.73. The molecule has 0 saturated heterocycles. The molecule has 2 aromatic rings. The molecule has 2 N–H and O–H groups in total. The molecule has 128 valence electrons. The van der Waals surface area contributed by atoms with Crippen molar-refractivity contribution >= 4 is 42.1 Å². The summed E-state index contributed by atoms with van der Waals surface area (Å²) in [4.78, 5) is 23.1. The Kier molecular flexibility index (Phi) is 8.69. The molecule has 0 unspecified atom stereocenters. The van der Waals surface area contributed by atoms with Crippen LogP contribution in [0.1, 0.15) is 23.5 Å². The van der Waals surface area contributed by atoms with Gasteiger partial charge in [-0.05, 0) is 24.1 Å². The number of hydrogen-bond acceptors (Lipinski definition) is 5. The molecule has 1 amide bonds. The van der Waals surface area contributed by atoms with Gasteiger partial charge in [-0.2, -0.15) is 0 Å². The Morgan fingerprint density at radius 2 is 1.91 bits per heavy atom. The van der Waals surface area contributed by atoms with E-state index in [0.717, 1.165) is 10.6 Å². The third-order valence-electron chi connectivity index (χ3n) is 3.21. The molecule has 0 fully saturated rings. The van der Waals surface area contributed by atoms with Crippen LogP contribution in [0.2, 0.25) is 0 Å². The fraction of sp³-hybridized carbons (Fsp3) is 0.400. The van der Waals surface area contributed by atoms with Crippen LogP contribution in [0.3, 0.4) is 0 Å². The van der Waals surface area contributed by atoms with Crippen molar-refractivity contribution in [1.29, 1.82) is 0 Å². The maximum Gasteiger partial charge on any atom is 0.265 e. The Hall–Kier alpha value is -1.21. The lowest BCUT2D eigenvalue weighted by atomic mass is 9.93. The normalized spacial score (nSPS) is 10.4. The fourth-order valence-electron chi connectivity index (χ4n) is 1.97. The number of amides is 1. The van der Waals surface area contributed by atoms with E-state index in [1.165, 1.54) is 11.3 Å². The molecule has 2 rings (SSSR count). The van der Waals surface area contributed by atoms with Gasteiger partial charge in [-0.25, -0.2) is 4.98 Å². The van der Waals surface area contributed by atoms with Crippen LogP contribution in [0, 0.1) is 5.41 Å². The molecule has 0 spiro atoms. The zero-order chi connectivity index (χ0) is 15.5. The van der Waals surface area contributed by atoms with E-state index in [4.69, 9.17) is 5.73 Å². The summed E-state index contributed by atoms with van der Waals surface area (Å²) in [5, 5.41) is 0.826. The van der Waals surface area contributed by atoms with Gasteiger partial charge in [0, 0.05) is 31.5 Å². The highest BCUT2D eigenvalue weighted by Crippen LogP contribution is 2.25. The summed E-state index contributed by atoms with van der Waals surface area (Å²) in [5.41, 5.74) is 6.60. The number of pyridine rings is 1. The Morgan fingerprint density at radius 1 is 1.30 bits per heavy atom. The molecule has 5 nitrogen and oxygen atoms in total. The molecule has 0 aliphatic heterocycles. The summed E-state index contributed by atoms with van der Waals surface area (Å²) >= 11 is 1.39. The van der Waals surface area contributed by atoms with Gasteiger partial charge in [0.05, 0.1) is 6.20 Å². The van der Waals surface area contributed by atoms with E-state index in [0.29, 0.717) is 18.0 Å². The molecule has 0 atom stereocenters. The summed E-state index contributed by atoms with van der Waals surface area (Å²) in [6.07, 6.45) is 5.07. The number of halogens is 2. The molecule has 0 aliphatic carbocycles. The average Bonchev–Trinajstić information content (AvgIpc) is 2.96. The highest BCUT2D eigenvalue weighted by atomic mass is 35.5. The summed E-state index contributed by atoms with van der Waals surface area (Å²) in [7, 11) is 1.80. The maximum absolute atomic E-state index is 12.4. The molecule has 0 aliphatic rings. The first kappa shape index (κ1) is 21.8. The second-order valence-corrected chi connectivity index (χ2v) is 6.83. The van der Waals surface area contributed by atoms with Crippen molar-refractivity contribution in [2.24, 2.45) is 11.1 Å². The minimum Gasteiger partial charge on any atom is -0.340 e. The first-order valence-corrected chi connectivity index (χ1v) is 7.56. The van der Waals surface area contributed by atoms with Crippen LogP contribution in [0.25, 0.3) is 10.6 Å². The van der Waals surface area contributed by atoms with Crippen LogP contribution in [-0.4, -0.2) is 40.9 Å². The molecule has 0 aromatic carbocycles. The number of hydrogen-bond donors (Lipinski definition) is 1. The van der Waals surface area contributed by atoms with Crippen LogP contribution in [0.15, 0.2) is 30.7 Å². The molecule has 0 saturated carbocycles. The number of nitrogens with zero attached hydrogens (tertiary/aromatic N) is 3. The number of carbonyl (C=O) groups is 1. The number of aromatic nitrogens is 2. The van der Waals surface area contributed by atoms with E-state index in [1.54, 1.807) is 30.5 Å². The van der Waals surface area contributed by atoms with E-state index in [2.05, 4.69) is 9.97 Å². The second kappa shape index (κ2) is 9.17. The predicted octanol–water partition coefficient (Wildman–Crippen LogP) is 3.11. The van der Waals surface area contributed by atoms with Gasteiger partial charge in [0.15, 0.2) is 0 Å². The van der Waals surface area contributed by atoms with E-state index in [-0.39, 0.29) is 36.1 Å². The topological polar surface area (TPSA) is 72.1 Å². The van der Waals surface area contributed by atoms with Crippen LogP contribution >= 0.6 is 36.2 Å². The van der Waals surface area contributed by atoms with Gasteiger partial charge < -0.3 is 10.6 Å². The lowest BCUT2D eigenvalue weighted by Crippen LogP contribution is -2.39. The van der Waals surface area contributed by atoms with Crippen LogP contribution in [0.5, 0.6) is 0 Å². The Morgan fingerprint density at radius 3 is 2.48 bits per heavy atom. The summed E-state index contributed by atoms with van der Waals surface area (Å²) in [5.74, 6) is -0.0191. The molecule has 2 heterocycles. The van der Waals surface area contributed by atoms with Crippen molar-refractivity contribution in [3.05, 3.63) is 35.6 Å². The van der Waals surface area contributed by atoms with Gasteiger partial charge in [0.25, 0.3) is 5.91 Å². The minimum absolute atomic E-state index is 0. The molecular weight excluding hydrogens is 355 g/mol. The monoisotopic (exact) mass is 376 g/mol. The summed E-state index contributed by atoms with van der Waals surface area (Å²) in [6, 6.07) is 3.77. The largest absolute Gasteiger partial charge is 0.340 e. The molecule has 8 heteroatoms. The van der Waals surface area contributed by atoms with E-state index in [1.807, 2.05) is 26.0 Å². The first-order valence-electron chi connectivity index (χ1n) is 6.75. The van der Waals surface area contributed by atoms with Gasteiger partial charge in [0.1, 0.15) is 9.88 Å². The maximum atomic E-state index is 12.4. The first-order chi connectivity index (χ1) is 9.93. The standard InChI is InChI=1S/C15H20N4OS.2ClH/c1-15(2,9-16)10-19(3)14(20)12-8-18-13(21-12)11-4-6-17-7-5-11;;/h4-8H,9-10,16H2,1-3H3;2*1H. The highest BCUT2D eigenvalue weighted by Gasteiger charge is 2.23. The van der Waals surface area contributed by atoms with Gasteiger partial charge >= 0.3 is 0 Å². The third-order valence-corrected chi connectivity index (χ3v) is 4.24. The molecule has 23 heavy (non-hydrogen) atoms. The van der Waals surface area contributed by atoms with E-state index >= 15 is 0 Å². The van der Waals surface area contributed by atoms with Crippen LogP contribution in [0.4, 0.5) is 0 Å². The van der Waals surface area contributed by atoms with E-state index < -0.39 is 0 Å². The lowest BCUT2D eigenvalue weighted by Gasteiger charge is -2.28. The van der Waals surface area contributed by atoms with Gasteiger partial charge in [-0.3, -0.25) is 9.78 Å². The Bertz CT molecular complexity index is 619. The number of carbonyl (C=O) groups excluding carboxylic acids is 1. The Labute approximate surface area is 153 Å². The summed E-state index contributed by atoms with van der Waals surface area (Å²) in [6.45, 7) is 5.25. The zero-order valence-electron chi connectivity index (χ0n) is 13.4. The van der Waals surface area contributed by atoms with Gasteiger partial charge in [-0.15, -0.1) is 36.2 Å². The molecule has 0 radical (unpaired) electrons. The van der Waals surface area contributed by atoms with Gasteiger partial charge in [-0.1, -0.05) is 13.8 Å². The second-order valence-electron chi connectivity index (χ2n) is 5.80. The number of rotatable bonds is 5. The van der Waals surface area contributed by atoms with Crippen molar-refractivity contribution in [3.8, 4) is 10.6 Å². The van der Waals surface area contributed by atoms with Crippen molar-refractivity contribution in [2.75, 3.05) is 20.1 Å². The summed E-state index contributed by atoms with van der Waals surface area (Å²) < 4.78 is 0. The van der Waals surface area contributed by atoms with Crippen molar-refractivity contribution in [3.63, 3.8) is 0 Å². The minimum atomic E-state index is -0.0942. The highest BCUT2D eigenvalue weighted by molar-refractivity contribution is 7.16. The quantitative estimate of drug-likeness (QED) is 0.869. The Balaban J connectivity index is 0.00000242. The predicted molar refractivity (Wildman–Crippen MR) is 99.6 cm³/mol. The lowest BCUT2D eigenvalue weighted by molar-refractivity contribution is 0.0745. The van der Waals surface area contributed by atoms with Gasteiger partial charge in [0.2, 0.25) is 0 Å². The van der Waals surface area contributed by atoms with Crippen molar-refractivity contribution in [1.82, 2.24) is 14.9 Å².